The van der Waals surface area contributed by atoms with Crippen molar-refractivity contribution in [3.63, 3.8) is 0 Å². The number of carbonyl (C=O) groups excluding carboxylic acids is 1. The van der Waals surface area contributed by atoms with Crippen LogP contribution < -0.4 is 11.1 Å². The van der Waals surface area contributed by atoms with E-state index in [1.54, 1.807) is 24.7 Å². The summed E-state index contributed by atoms with van der Waals surface area (Å²) in [5, 5.41) is 2.71. The van der Waals surface area contributed by atoms with Crippen molar-refractivity contribution < 1.29 is 4.79 Å². The van der Waals surface area contributed by atoms with E-state index in [9.17, 15) is 4.79 Å². The first-order valence-corrected chi connectivity index (χ1v) is 6.31. The van der Waals surface area contributed by atoms with Gasteiger partial charge in [-0.1, -0.05) is 12.2 Å². The van der Waals surface area contributed by atoms with E-state index in [1.807, 2.05) is 24.3 Å². The van der Waals surface area contributed by atoms with Crippen molar-refractivity contribution in [2.75, 3.05) is 13.1 Å². The Bertz CT molecular complexity index is 596. The molecule has 0 aromatic carbocycles. The lowest BCUT2D eigenvalue weighted by molar-refractivity contribution is 0.0954. The number of nitrogens with zero attached hydrogens (tertiary/aromatic N) is 2. The van der Waals surface area contributed by atoms with Gasteiger partial charge in [-0.25, -0.2) is 0 Å². The molecule has 0 saturated carbocycles. The Morgan fingerprint density at radius 1 is 1.15 bits per heavy atom. The highest BCUT2D eigenvalue weighted by atomic mass is 16.1. The van der Waals surface area contributed by atoms with Crippen LogP contribution in [0.1, 0.15) is 21.5 Å². The summed E-state index contributed by atoms with van der Waals surface area (Å²) in [6.07, 6.45) is 10.6. The first-order chi connectivity index (χ1) is 9.79. The largest absolute Gasteiger partial charge is 0.351 e. The van der Waals surface area contributed by atoms with Crippen LogP contribution in [0.4, 0.5) is 0 Å². The number of hydrogen-bond donors (Lipinski definition) is 2. The fourth-order valence-corrected chi connectivity index (χ4v) is 1.63. The standard InChI is InChI=1S/C15H16N4O/c16-5-8-19-15(20)14-9-13(10-18-11-14)2-1-12-3-6-17-7-4-12/h1-4,6-7,9-11H,5,8,16H2,(H,19,20). The number of amides is 1. The lowest BCUT2D eigenvalue weighted by Gasteiger charge is -2.03. The van der Waals surface area contributed by atoms with Crippen molar-refractivity contribution in [1.82, 2.24) is 15.3 Å². The van der Waals surface area contributed by atoms with Gasteiger partial charge in [0.05, 0.1) is 5.56 Å². The summed E-state index contributed by atoms with van der Waals surface area (Å²) in [6, 6.07) is 5.60. The Kier molecular flexibility index (Phi) is 4.97. The lowest BCUT2D eigenvalue weighted by atomic mass is 10.1. The molecule has 0 aliphatic rings. The third kappa shape index (κ3) is 4.00. The number of carbonyl (C=O) groups is 1. The summed E-state index contributed by atoms with van der Waals surface area (Å²) in [5.74, 6) is -0.165. The molecule has 2 rings (SSSR count). The monoisotopic (exact) mass is 268 g/mol. The molecule has 0 radical (unpaired) electrons. The summed E-state index contributed by atoms with van der Waals surface area (Å²) in [4.78, 5) is 19.8. The van der Waals surface area contributed by atoms with E-state index in [2.05, 4.69) is 15.3 Å². The van der Waals surface area contributed by atoms with Gasteiger partial charge in [0.1, 0.15) is 0 Å². The minimum absolute atomic E-state index is 0.165. The average Bonchev–Trinajstić information content (AvgIpc) is 2.52. The Hall–Kier alpha value is -2.53. The second-order valence-corrected chi connectivity index (χ2v) is 4.17. The molecule has 2 aromatic rings. The zero-order valence-electron chi connectivity index (χ0n) is 11.0. The van der Waals surface area contributed by atoms with Crippen molar-refractivity contribution >= 4 is 18.1 Å². The number of hydrogen-bond acceptors (Lipinski definition) is 4. The maximum atomic E-state index is 11.8. The summed E-state index contributed by atoms with van der Waals surface area (Å²) >= 11 is 0. The van der Waals surface area contributed by atoms with Gasteiger partial charge < -0.3 is 11.1 Å². The summed E-state index contributed by atoms with van der Waals surface area (Å²) in [7, 11) is 0. The molecule has 5 heteroatoms. The van der Waals surface area contributed by atoms with E-state index in [0.29, 0.717) is 18.7 Å². The summed E-state index contributed by atoms with van der Waals surface area (Å²) < 4.78 is 0. The van der Waals surface area contributed by atoms with Gasteiger partial charge in [0.15, 0.2) is 0 Å². The molecule has 2 aromatic heterocycles. The third-order valence-corrected chi connectivity index (χ3v) is 2.63. The van der Waals surface area contributed by atoms with Gasteiger partial charge in [0.25, 0.3) is 5.91 Å². The topological polar surface area (TPSA) is 80.9 Å². The van der Waals surface area contributed by atoms with Gasteiger partial charge in [-0.05, 0) is 29.3 Å². The molecular weight excluding hydrogens is 252 g/mol. The fraction of sp³-hybridized carbons (Fsp3) is 0.133. The van der Waals surface area contributed by atoms with Crippen LogP contribution in [-0.2, 0) is 0 Å². The summed E-state index contributed by atoms with van der Waals surface area (Å²) in [6.45, 7) is 0.872. The fourth-order valence-electron chi connectivity index (χ4n) is 1.63. The molecule has 0 aliphatic carbocycles. The van der Waals surface area contributed by atoms with Gasteiger partial charge in [0.2, 0.25) is 0 Å². The van der Waals surface area contributed by atoms with Crippen molar-refractivity contribution in [3.8, 4) is 0 Å². The maximum Gasteiger partial charge on any atom is 0.252 e. The third-order valence-electron chi connectivity index (χ3n) is 2.63. The van der Waals surface area contributed by atoms with E-state index in [1.165, 1.54) is 6.20 Å². The Morgan fingerprint density at radius 3 is 2.65 bits per heavy atom. The van der Waals surface area contributed by atoms with Crippen LogP contribution in [0.3, 0.4) is 0 Å². The van der Waals surface area contributed by atoms with Gasteiger partial charge in [-0.15, -0.1) is 0 Å². The molecule has 0 spiro atoms. The van der Waals surface area contributed by atoms with Crippen LogP contribution >= 0.6 is 0 Å². The van der Waals surface area contributed by atoms with Gasteiger partial charge in [-0.3, -0.25) is 14.8 Å². The zero-order valence-corrected chi connectivity index (χ0v) is 11.0. The molecule has 0 atom stereocenters. The van der Waals surface area contributed by atoms with Crippen LogP contribution in [0.5, 0.6) is 0 Å². The van der Waals surface area contributed by atoms with E-state index in [-0.39, 0.29) is 5.91 Å². The number of rotatable bonds is 5. The van der Waals surface area contributed by atoms with Gasteiger partial charge in [0, 0.05) is 37.9 Å². The van der Waals surface area contributed by atoms with E-state index >= 15 is 0 Å². The van der Waals surface area contributed by atoms with Gasteiger partial charge in [-0.2, -0.15) is 0 Å². The van der Waals surface area contributed by atoms with Crippen molar-refractivity contribution in [2.45, 2.75) is 0 Å². The second-order valence-electron chi connectivity index (χ2n) is 4.17. The molecule has 20 heavy (non-hydrogen) atoms. The second kappa shape index (κ2) is 7.16. The van der Waals surface area contributed by atoms with Crippen LogP contribution in [-0.4, -0.2) is 29.0 Å². The number of aromatic nitrogens is 2. The first-order valence-electron chi connectivity index (χ1n) is 6.31. The molecule has 0 saturated heterocycles. The van der Waals surface area contributed by atoms with E-state index in [4.69, 9.17) is 5.73 Å². The van der Waals surface area contributed by atoms with Crippen LogP contribution in [0, 0.1) is 0 Å². The predicted molar refractivity (Wildman–Crippen MR) is 78.8 cm³/mol. The Balaban J connectivity index is 2.10. The number of nitrogens with two attached hydrogens (primary N) is 1. The highest BCUT2D eigenvalue weighted by molar-refractivity contribution is 5.94. The van der Waals surface area contributed by atoms with Gasteiger partial charge >= 0.3 is 0 Å². The zero-order chi connectivity index (χ0) is 14.2. The quantitative estimate of drug-likeness (QED) is 0.857. The highest BCUT2D eigenvalue weighted by Gasteiger charge is 2.04. The molecule has 0 unspecified atom stereocenters. The number of nitrogens with one attached hydrogen (secondary N) is 1. The van der Waals surface area contributed by atoms with Crippen molar-refractivity contribution in [1.29, 1.82) is 0 Å². The molecule has 102 valence electrons. The van der Waals surface area contributed by atoms with E-state index in [0.717, 1.165) is 11.1 Å². The summed E-state index contributed by atoms with van der Waals surface area (Å²) in [5.41, 5.74) is 7.78. The minimum Gasteiger partial charge on any atom is -0.351 e. The van der Waals surface area contributed by atoms with Crippen LogP contribution in [0.15, 0.2) is 43.0 Å². The first kappa shape index (κ1) is 13.9. The SMILES string of the molecule is NCCNC(=O)c1cncc(C=Cc2ccncc2)c1. The molecule has 0 fully saturated rings. The highest BCUT2D eigenvalue weighted by Crippen LogP contribution is 2.08. The smallest absolute Gasteiger partial charge is 0.252 e. The molecule has 0 aliphatic heterocycles. The Labute approximate surface area is 117 Å². The molecule has 2 heterocycles. The molecule has 1 amide bonds. The molecule has 5 nitrogen and oxygen atoms in total. The van der Waals surface area contributed by atoms with E-state index < -0.39 is 0 Å². The molecule has 3 N–H and O–H groups in total. The average molecular weight is 268 g/mol. The minimum atomic E-state index is -0.165. The molecule has 0 bridgehead atoms. The molecular formula is C15H16N4O. The van der Waals surface area contributed by atoms with Crippen LogP contribution in [0.2, 0.25) is 0 Å². The predicted octanol–water partition coefficient (Wildman–Crippen LogP) is 1.34. The normalized spacial score (nSPS) is 10.7. The maximum absolute atomic E-state index is 11.8. The number of pyridine rings is 2. The van der Waals surface area contributed by atoms with Crippen molar-refractivity contribution in [3.05, 3.63) is 59.7 Å². The van der Waals surface area contributed by atoms with Crippen LogP contribution in [0.25, 0.3) is 12.2 Å². The van der Waals surface area contributed by atoms with Crippen molar-refractivity contribution in [2.24, 2.45) is 5.73 Å². The Morgan fingerprint density at radius 2 is 1.90 bits per heavy atom. The lowest BCUT2D eigenvalue weighted by Crippen LogP contribution is -2.29.